The number of hydrogen-bond acceptors (Lipinski definition) is 9. The van der Waals surface area contributed by atoms with Crippen molar-refractivity contribution in [1.82, 2.24) is 24.8 Å². The molecule has 0 radical (unpaired) electrons. The fourth-order valence-corrected chi connectivity index (χ4v) is 3.98. The van der Waals surface area contributed by atoms with Gasteiger partial charge in [-0.15, -0.1) is 15.3 Å². The van der Waals surface area contributed by atoms with E-state index in [1.54, 1.807) is 16.6 Å². The molecule has 0 aliphatic rings. The maximum atomic E-state index is 10.8. The van der Waals surface area contributed by atoms with Gasteiger partial charge in [0.15, 0.2) is 5.65 Å². The van der Waals surface area contributed by atoms with Crippen LogP contribution in [-0.2, 0) is 0 Å². The normalized spacial score (nSPS) is 11.1. The summed E-state index contributed by atoms with van der Waals surface area (Å²) in [5, 5.41) is 13.5. The second kappa shape index (κ2) is 6.77. The third kappa shape index (κ3) is 3.26. The first-order chi connectivity index (χ1) is 12.6. The Morgan fingerprint density at radius 1 is 1.31 bits per heavy atom. The Labute approximate surface area is 155 Å². The summed E-state index contributed by atoms with van der Waals surface area (Å²) in [6.07, 6.45) is -0.884. The molecule has 0 unspecified atom stereocenters. The summed E-state index contributed by atoms with van der Waals surface area (Å²) in [6.45, 7) is 2.43. The van der Waals surface area contributed by atoms with E-state index < -0.39 is 6.09 Å². The number of rotatable bonds is 5. The number of ether oxygens (including phenoxy) is 2. The van der Waals surface area contributed by atoms with E-state index in [-0.39, 0.29) is 5.19 Å². The third-order valence-corrected chi connectivity index (χ3v) is 5.06. The summed E-state index contributed by atoms with van der Waals surface area (Å²) >= 11 is 2.65. The Hall–Kier alpha value is -2.92. The third-order valence-electron chi connectivity index (χ3n) is 3.24. The number of benzene rings is 1. The van der Waals surface area contributed by atoms with Gasteiger partial charge in [-0.05, 0) is 43.0 Å². The minimum absolute atomic E-state index is 0.214. The van der Waals surface area contributed by atoms with Crippen LogP contribution in [0.5, 0.6) is 11.1 Å². The first-order valence-electron chi connectivity index (χ1n) is 7.53. The monoisotopic (exact) mass is 388 g/mol. The highest BCUT2D eigenvalue weighted by molar-refractivity contribution is 7.99. The first kappa shape index (κ1) is 16.5. The molecule has 2 N–H and O–H groups in total. The summed E-state index contributed by atoms with van der Waals surface area (Å²) in [6, 6.07) is 9.22. The van der Waals surface area contributed by atoms with Crippen molar-refractivity contribution in [3.63, 3.8) is 0 Å². The van der Waals surface area contributed by atoms with Crippen molar-refractivity contribution in [3.05, 3.63) is 30.3 Å². The number of amides is 1. The van der Waals surface area contributed by atoms with E-state index in [4.69, 9.17) is 15.2 Å². The van der Waals surface area contributed by atoms with Crippen LogP contribution in [0.2, 0.25) is 0 Å². The van der Waals surface area contributed by atoms with Gasteiger partial charge in [0.1, 0.15) is 0 Å². The van der Waals surface area contributed by atoms with Crippen LogP contribution in [0.3, 0.4) is 0 Å². The Balaban J connectivity index is 1.65. The SMILES string of the molecule is CCOc1ccc2nnc(Sc3ccc4nc(OC(N)=O)sc4c3)n2n1. The molecule has 0 saturated carbocycles. The number of hydrogen-bond donors (Lipinski definition) is 1. The molecule has 11 heteroatoms. The van der Waals surface area contributed by atoms with Crippen molar-refractivity contribution in [1.29, 1.82) is 0 Å². The molecular formula is C15H12N6O3S2. The van der Waals surface area contributed by atoms with E-state index in [2.05, 4.69) is 20.3 Å². The highest BCUT2D eigenvalue weighted by Crippen LogP contribution is 2.33. The van der Waals surface area contributed by atoms with E-state index in [1.807, 2.05) is 25.1 Å². The highest BCUT2D eigenvalue weighted by atomic mass is 32.2. The molecule has 0 spiro atoms. The molecule has 1 amide bonds. The van der Waals surface area contributed by atoms with Gasteiger partial charge in [-0.25, -0.2) is 9.78 Å². The number of primary amides is 1. The van der Waals surface area contributed by atoms with Gasteiger partial charge in [0, 0.05) is 11.0 Å². The largest absolute Gasteiger partial charge is 0.477 e. The molecule has 0 aliphatic carbocycles. The lowest BCUT2D eigenvalue weighted by molar-refractivity contribution is 0.211. The molecule has 0 aliphatic heterocycles. The zero-order chi connectivity index (χ0) is 18.1. The molecule has 3 heterocycles. The van der Waals surface area contributed by atoms with Gasteiger partial charge in [0.25, 0.3) is 5.19 Å². The van der Waals surface area contributed by atoms with Crippen molar-refractivity contribution in [3.8, 4) is 11.1 Å². The van der Waals surface area contributed by atoms with Crippen LogP contribution in [0.1, 0.15) is 6.92 Å². The Bertz CT molecular complexity index is 1110. The number of carbonyl (C=O) groups is 1. The van der Waals surface area contributed by atoms with Crippen molar-refractivity contribution >= 4 is 45.1 Å². The first-order valence-corrected chi connectivity index (χ1v) is 9.16. The number of aromatic nitrogens is 5. The van der Waals surface area contributed by atoms with Crippen LogP contribution in [0.4, 0.5) is 4.79 Å². The zero-order valence-electron chi connectivity index (χ0n) is 13.4. The molecule has 0 fully saturated rings. The van der Waals surface area contributed by atoms with Gasteiger partial charge in [-0.2, -0.15) is 4.52 Å². The number of thiazole rings is 1. The van der Waals surface area contributed by atoms with E-state index in [0.29, 0.717) is 23.3 Å². The molecule has 1 aromatic carbocycles. The lowest BCUT2D eigenvalue weighted by Gasteiger charge is -2.03. The minimum Gasteiger partial charge on any atom is -0.477 e. The fraction of sp³-hybridized carbons (Fsp3) is 0.133. The van der Waals surface area contributed by atoms with Crippen LogP contribution in [0, 0.1) is 0 Å². The van der Waals surface area contributed by atoms with E-state index >= 15 is 0 Å². The van der Waals surface area contributed by atoms with Crippen LogP contribution in [0.25, 0.3) is 15.9 Å². The maximum absolute atomic E-state index is 10.8. The van der Waals surface area contributed by atoms with Crippen molar-refractivity contribution < 1.29 is 14.3 Å². The Morgan fingerprint density at radius 2 is 2.19 bits per heavy atom. The molecule has 0 bridgehead atoms. The van der Waals surface area contributed by atoms with Crippen molar-refractivity contribution in [2.24, 2.45) is 5.73 Å². The molecule has 0 saturated heterocycles. The summed E-state index contributed by atoms with van der Waals surface area (Å²) in [7, 11) is 0. The fourth-order valence-electron chi connectivity index (χ4n) is 2.22. The van der Waals surface area contributed by atoms with Gasteiger partial charge >= 0.3 is 6.09 Å². The second-order valence-electron chi connectivity index (χ2n) is 4.99. The van der Waals surface area contributed by atoms with Gasteiger partial charge in [-0.1, -0.05) is 11.3 Å². The topological polar surface area (TPSA) is 118 Å². The summed E-state index contributed by atoms with van der Waals surface area (Å²) in [5.41, 5.74) is 6.37. The number of nitrogens with zero attached hydrogens (tertiary/aromatic N) is 5. The van der Waals surface area contributed by atoms with E-state index in [0.717, 1.165) is 15.1 Å². The van der Waals surface area contributed by atoms with Gasteiger partial charge in [0.05, 0.1) is 16.8 Å². The molecule has 132 valence electrons. The standard InChI is InChI=1S/C15H12N6O3S2/c1-2-23-12-6-5-11-18-19-14(21(11)20-12)25-8-3-4-9-10(7-8)26-15(17-9)24-13(16)22/h3-7H,2H2,1H3,(H2,16,22). The molecule has 9 nitrogen and oxygen atoms in total. The van der Waals surface area contributed by atoms with Crippen LogP contribution < -0.4 is 15.2 Å². The van der Waals surface area contributed by atoms with E-state index in [1.165, 1.54) is 23.1 Å². The number of carbonyl (C=O) groups excluding carboxylic acids is 1. The maximum Gasteiger partial charge on any atom is 0.411 e. The van der Waals surface area contributed by atoms with Crippen LogP contribution in [-0.4, -0.2) is 37.5 Å². The Morgan fingerprint density at radius 3 is 3.00 bits per heavy atom. The average molecular weight is 388 g/mol. The van der Waals surface area contributed by atoms with Crippen molar-refractivity contribution in [2.75, 3.05) is 6.61 Å². The zero-order valence-corrected chi connectivity index (χ0v) is 15.1. The molecular weight excluding hydrogens is 376 g/mol. The minimum atomic E-state index is -0.884. The van der Waals surface area contributed by atoms with Gasteiger partial charge in [0.2, 0.25) is 11.0 Å². The van der Waals surface area contributed by atoms with Gasteiger partial charge in [-0.3, -0.25) is 0 Å². The van der Waals surface area contributed by atoms with Gasteiger partial charge < -0.3 is 15.2 Å². The lowest BCUT2D eigenvalue weighted by atomic mass is 10.3. The van der Waals surface area contributed by atoms with Crippen LogP contribution >= 0.6 is 23.1 Å². The number of nitrogens with two attached hydrogens (primary N) is 1. The summed E-state index contributed by atoms with van der Waals surface area (Å²) < 4.78 is 12.8. The smallest absolute Gasteiger partial charge is 0.411 e. The van der Waals surface area contributed by atoms with Crippen molar-refractivity contribution in [2.45, 2.75) is 17.0 Å². The summed E-state index contributed by atoms with van der Waals surface area (Å²) in [5.74, 6) is 0.507. The number of fused-ring (bicyclic) bond motifs is 2. The Kier molecular flexibility index (Phi) is 4.31. The quantitative estimate of drug-likeness (QED) is 0.554. The molecule has 4 aromatic rings. The molecule has 0 atom stereocenters. The van der Waals surface area contributed by atoms with Crippen LogP contribution in [0.15, 0.2) is 40.4 Å². The molecule has 4 rings (SSSR count). The predicted molar refractivity (Wildman–Crippen MR) is 95.9 cm³/mol. The second-order valence-corrected chi connectivity index (χ2v) is 7.02. The average Bonchev–Trinajstić information content (AvgIpc) is 3.18. The summed E-state index contributed by atoms with van der Waals surface area (Å²) in [4.78, 5) is 16.0. The molecule has 3 aromatic heterocycles. The highest BCUT2D eigenvalue weighted by Gasteiger charge is 2.12. The molecule has 26 heavy (non-hydrogen) atoms. The lowest BCUT2D eigenvalue weighted by Crippen LogP contribution is -2.15. The van der Waals surface area contributed by atoms with E-state index in [9.17, 15) is 4.79 Å². The predicted octanol–water partition coefficient (Wildman–Crippen LogP) is 2.74.